The van der Waals surface area contributed by atoms with E-state index in [9.17, 15) is 0 Å². The van der Waals surface area contributed by atoms with E-state index in [2.05, 4.69) is 256 Å². The molecule has 1 fully saturated rings. The van der Waals surface area contributed by atoms with Crippen molar-refractivity contribution >= 4 is 90.5 Å². The van der Waals surface area contributed by atoms with E-state index in [1.54, 1.807) is 5.56 Å². The molecule has 5 heteroatoms. The number of rotatable bonds is 5. The van der Waals surface area contributed by atoms with Crippen molar-refractivity contribution in [2.75, 3.05) is 14.7 Å². The van der Waals surface area contributed by atoms with E-state index in [1.807, 2.05) is 0 Å². The molecule has 1 saturated carbocycles. The molecular formula is C73H76BN3O. The lowest BCUT2D eigenvalue weighted by atomic mass is 9.33. The van der Waals surface area contributed by atoms with Crippen LogP contribution >= 0.6 is 0 Å². The van der Waals surface area contributed by atoms with Crippen LogP contribution in [0.2, 0.25) is 0 Å². The van der Waals surface area contributed by atoms with E-state index >= 15 is 0 Å². The molecule has 0 radical (unpaired) electrons. The number of fused-ring (bicyclic) bond motifs is 11. The third-order valence-electron chi connectivity index (χ3n) is 20.2. The highest BCUT2D eigenvalue weighted by Crippen LogP contribution is 2.63. The Bertz CT molecular complexity index is 3980. The van der Waals surface area contributed by atoms with Gasteiger partial charge in [0.1, 0.15) is 11.2 Å². The number of furan rings is 1. The van der Waals surface area contributed by atoms with Gasteiger partial charge in [0, 0.05) is 67.6 Å². The van der Waals surface area contributed by atoms with Crippen molar-refractivity contribution in [1.29, 1.82) is 0 Å². The van der Waals surface area contributed by atoms with E-state index in [0.29, 0.717) is 0 Å². The average Bonchev–Trinajstić information content (AvgIpc) is 4.11. The molecule has 8 aromatic carbocycles. The summed E-state index contributed by atoms with van der Waals surface area (Å²) in [5.41, 5.74) is 26.8. The summed E-state index contributed by atoms with van der Waals surface area (Å²) in [6, 6.07) is 59.0. The Morgan fingerprint density at radius 2 is 1.15 bits per heavy atom. The normalized spacial score (nSPS) is 20.6. The molecule has 9 aromatic rings. The summed E-state index contributed by atoms with van der Waals surface area (Å²) >= 11 is 0. The van der Waals surface area contributed by atoms with Gasteiger partial charge >= 0.3 is 0 Å². The van der Waals surface area contributed by atoms with E-state index in [-0.39, 0.29) is 39.3 Å². The lowest BCUT2D eigenvalue weighted by Crippen LogP contribution is -2.64. The average molecular weight is 1020 g/mol. The van der Waals surface area contributed by atoms with Gasteiger partial charge in [0.25, 0.3) is 6.71 Å². The van der Waals surface area contributed by atoms with Gasteiger partial charge in [-0.05, 0) is 183 Å². The van der Waals surface area contributed by atoms with Gasteiger partial charge in [-0.15, -0.1) is 0 Å². The van der Waals surface area contributed by atoms with Gasteiger partial charge in [-0.1, -0.05) is 168 Å². The molecule has 0 N–H and O–H groups in total. The number of benzene rings is 8. The number of nitrogens with zero attached hydrogens (tertiary/aromatic N) is 3. The summed E-state index contributed by atoms with van der Waals surface area (Å²) in [4.78, 5) is 8.10. The summed E-state index contributed by atoms with van der Waals surface area (Å²) in [7, 11) is 0. The molecule has 2 unspecified atom stereocenters. The molecule has 1 aromatic heterocycles. The van der Waals surface area contributed by atoms with E-state index < -0.39 is 0 Å². The van der Waals surface area contributed by atoms with Gasteiger partial charge in [-0.25, -0.2) is 0 Å². The van der Waals surface area contributed by atoms with Crippen LogP contribution in [0.25, 0.3) is 33.1 Å². The zero-order valence-electron chi connectivity index (χ0n) is 48.5. The second kappa shape index (κ2) is 16.5. The Morgan fingerprint density at radius 1 is 0.500 bits per heavy atom. The predicted molar refractivity (Wildman–Crippen MR) is 333 cm³/mol. The fourth-order valence-corrected chi connectivity index (χ4v) is 15.4. The first-order chi connectivity index (χ1) is 37.1. The third kappa shape index (κ3) is 7.04. The van der Waals surface area contributed by atoms with Gasteiger partial charge in [-0.2, -0.15) is 0 Å². The molecule has 392 valence electrons. The first-order valence-electron chi connectivity index (χ1n) is 29.2. The predicted octanol–water partition coefficient (Wildman–Crippen LogP) is 18.3. The molecule has 4 nitrogen and oxygen atoms in total. The highest BCUT2D eigenvalue weighted by atomic mass is 16.3. The third-order valence-corrected chi connectivity index (χ3v) is 20.2. The molecule has 4 heterocycles. The maximum atomic E-state index is 6.72. The first-order valence-corrected chi connectivity index (χ1v) is 29.2. The summed E-state index contributed by atoms with van der Waals surface area (Å²) in [6.07, 6.45) is 7.17. The minimum absolute atomic E-state index is 0.00351. The summed E-state index contributed by atoms with van der Waals surface area (Å²) in [5.74, 6) is 0. The molecule has 0 saturated heterocycles. The van der Waals surface area contributed by atoms with Crippen molar-refractivity contribution in [3.05, 3.63) is 185 Å². The lowest BCUT2D eigenvalue weighted by Gasteiger charge is -2.53. The molecule has 14 rings (SSSR count). The maximum Gasteiger partial charge on any atom is 0.252 e. The van der Waals surface area contributed by atoms with Crippen molar-refractivity contribution in [3.8, 4) is 11.1 Å². The van der Waals surface area contributed by atoms with Crippen LogP contribution in [0.15, 0.2) is 156 Å². The highest BCUT2D eigenvalue weighted by molar-refractivity contribution is 7.00. The standard InChI is InChI=1S/C73H76BN3O/c1-45-37-62-66-63(38-45)77-67-57(72(12)33-19-20-34-73(72,77)13)40-48(69(5,6)7)41-59(67)74(66)58-31-28-50(43-61(58)76(62)60-32-25-47(68(2,3)4)39-54(60)46-21-15-14-16-22-46)75(49-27-30-55-56(42-49)71(10,11)36-35-70(55,8)9)51-26-29-53-52-23-17-18-24-64(52)78-65(53)44-51/h14-18,21-32,37-44H,19-20,33-36H2,1-13H3. The molecule has 5 aliphatic rings. The first kappa shape index (κ1) is 49.3. The van der Waals surface area contributed by atoms with Crippen molar-refractivity contribution in [3.63, 3.8) is 0 Å². The topological polar surface area (TPSA) is 22.9 Å². The number of anilines is 8. The molecule has 0 amide bonds. The Hall–Kier alpha value is -6.98. The molecule has 3 aliphatic heterocycles. The Morgan fingerprint density at radius 3 is 1.92 bits per heavy atom. The van der Waals surface area contributed by atoms with Crippen molar-refractivity contribution in [2.45, 2.75) is 161 Å². The summed E-state index contributed by atoms with van der Waals surface area (Å²) < 4.78 is 6.72. The zero-order valence-corrected chi connectivity index (χ0v) is 48.5. The van der Waals surface area contributed by atoms with Crippen LogP contribution in [0.4, 0.5) is 45.5 Å². The van der Waals surface area contributed by atoms with Crippen molar-refractivity contribution in [1.82, 2.24) is 0 Å². The molecule has 2 aliphatic carbocycles. The number of hydrogen-bond acceptors (Lipinski definition) is 4. The molecule has 0 bridgehead atoms. The van der Waals surface area contributed by atoms with Crippen molar-refractivity contribution < 1.29 is 4.42 Å². The van der Waals surface area contributed by atoms with Gasteiger partial charge in [0.15, 0.2) is 0 Å². The van der Waals surface area contributed by atoms with Crippen LogP contribution in [-0.2, 0) is 27.1 Å². The SMILES string of the molecule is Cc1cc2c3c(c1)N1c4c(cc(C(C)(C)C)cc4C4(C)CCCCC14C)B3c1ccc(N(c3ccc4c(c3)C(C)(C)CCC4(C)C)c3ccc4c(c3)oc3ccccc34)cc1N2c1ccc(C(C)(C)C)cc1-c1ccccc1. The second-order valence-corrected chi connectivity index (χ2v) is 28.0. The quantitative estimate of drug-likeness (QED) is 0.160. The van der Waals surface area contributed by atoms with Crippen LogP contribution in [-0.4, -0.2) is 12.3 Å². The van der Waals surface area contributed by atoms with Gasteiger partial charge in [0.05, 0.1) is 11.2 Å². The Balaban J connectivity index is 1.09. The van der Waals surface area contributed by atoms with Crippen LogP contribution in [0, 0.1) is 6.92 Å². The van der Waals surface area contributed by atoms with E-state index in [0.717, 1.165) is 45.4 Å². The van der Waals surface area contributed by atoms with Crippen LogP contribution < -0.4 is 31.1 Å². The largest absolute Gasteiger partial charge is 0.456 e. The molecule has 0 spiro atoms. The molecule has 78 heavy (non-hydrogen) atoms. The van der Waals surface area contributed by atoms with Crippen molar-refractivity contribution in [2.24, 2.45) is 0 Å². The minimum atomic E-state index is -0.0794. The summed E-state index contributed by atoms with van der Waals surface area (Å²) in [6.45, 7) is 31.6. The molecule has 2 atom stereocenters. The zero-order chi connectivity index (χ0) is 54.2. The number of para-hydroxylation sites is 1. The van der Waals surface area contributed by atoms with Gasteiger partial charge in [-0.3, -0.25) is 0 Å². The molecular weight excluding hydrogens is 946 g/mol. The Kier molecular flexibility index (Phi) is 10.5. The number of hydrogen-bond donors (Lipinski definition) is 0. The van der Waals surface area contributed by atoms with E-state index in [1.165, 1.54) is 116 Å². The lowest BCUT2D eigenvalue weighted by molar-refractivity contribution is 0.195. The highest BCUT2D eigenvalue weighted by Gasteiger charge is 2.61. The monoisotopic (exact) mass is 1020 g/mol. The van der Waals surface area contributed by atoms with E-state index in [4.69, 9.17) is 4.42 Å². The fraction of sp³-hybridized carbons (Fsp3) is 0.342. The maximum absolute atomic E-state index is 6.72. The van der Waals surface area contributed by atoms with Crippen LogP contribution in [0.5, 0.6) is 0 Å². The fourth-order valence-electron chi connectivity index (χ4n) is 15.4. The number of aryl methyl sites for hydroxylation is 1. The van der Waals surface area contributed by atoms with Crippen LogP contribution in [0.3, 0.4) is 0 Å². The Labute approximate surface area is 464 Å². The minimum Gasteiger partial charge on any atom is -0.456 e. The second-order valence-electron chi connectivity index (χ2n) is 28.0. The van der Waals surface area contributed by atoms with Crippen LogP contribution in [0.1, 0.15) is 155 Å². The van der Waals surface area contributed by atoms with Gasteiger partial charge in [0.2, 0.25) is 0 Å². The van der Waals surface area contributed by atoms with Gasteiger partial charge < -0.3 is 19.1 Å². The summed E-state index contributed by atoms with van der Waals surface area (Å²) in [5, 5.41) is 2.27. The smallest absolute Gasteiger partial charge is 0.252 e.